The quantitative estimate of drug-likeness (QED) is 0.718. The van der Waals surface area contributed by atoms with Crippen molar-refractivity contribution in [3.63, 3.8) is 0 Å². The van der Waals surface area contributed by atoms with Gasteiger partial charge in [-0.2, -0.15) is 4.31 Å². The number of carbonyl (C=O) groups excluding carboxylic acids is 1. The number of sulfonamides is 1. The smallest absolute Gasteiger partial charge is 0.255 e. The van der Waals surface area contributed by atoms with E-state index in [4.69, 9.17) is 4.74 Å². The van der Waals surface area contributed by atoms with E-state index in [0.717, 1.165) is 28.4 Å². The maximum atomic E-state index is 13.0. The molecule has 0 atom stereocenters. The summed E-state index contributed by atoms with van der Waals surface area (Å²) in [6.45, 7) is 4.79. The Morgan fingerprint density at radius 1 is 1.11 bits per heavy atom. The Bertz CT molecular complexity index is 992. The zero-order valence-corrected chi connectivity index (χ0v) is 18.5. The van der Waals surface area contributed by atoms with Gasteiger partial charge in [-0.05, 0) is 68.1 Å². The molecule has 1 heterocycles. The number of halogens is 1. The SMILES string of the molecule is COc1ccc(C(=O)Nc2c(C)cc(Br)cc2C)cc1S(=O)(=O)N1CCCC1. The molecule has 2 aromatic rings. The fraction of sp³-hybridized carbons (Fsp3) is 0.350. The first-order valence-electron chi connectivity index (χ1n) is 9.00. The number of ether oxygens (including phenoxy) is 1. The number of amides is 1. The summed E-state index contributed by atoms with van der Waals surface area (Å²) in [5.41, 5.74) is 2.81. The van der Waals surface area contributed by atoms with Crippen LogP contribution in [0.25, 0.3) is 0 Å². The number of hydrogen-bond donors (Lipinski definition) is 1. The molecule has 3 rings (SSSR count). The van der Waals surface area contributed by atoms with Crippen molar-refractivity contribution < 1.29 is 17.9 Å². The average molecular weight is 467 g/mol. The van der Waals surface area contributed by atoms with Crippen molar-refractivity contribution in [3.8, 4) is 5.75 Å². The van der Waals surface area contributed by atoms with E-state index < -0.39 is 10.0 Å². The van der Waals surface area contributed by atoms with Crippen molar-refractivity contribution in [3.05, 3.63) is 51.5 Å². The van der Waals surface area contributed by atoms with Crippen LogP contribution in [0.5, 0.6) is 5.75 Å². The molecule has 0 radical (unpaired) electrons. The van der Waals surface area contributed by atoms with Gasteiger partial charge in [0.2, 0.25) is 10.0 Å². The third-order valence-electron chi connectivity index (χ3n) is 4.84. The van der Waals surface area contributed by atoms with Crippen LogP contribution >= 0.6 is 15.9 Å². The highest BCUT2D eigenvalue weighted by molar-refractivity contribution is 9.10. The largest absolute Gasteiger partial charge is 0.495 e. The number of hydrogen-bond acceptors (Lipinski definition) is 4. The van der Waals surface area contributed by atoms with Crippen molar-refractivity contribution in [2.45, 2.75) is 31.6 Å². The molecule has 0 aliphatic carbocycles. The van der Waals surface area contributed by atoms with Gasteiger partial charge in [-0.15, -0.1) is 0 Å². The van der Waals surface area contributed by atoms with Crippen LogP contribution in [0.3, 0.4) is 0 Å². The number of anilines is 1. The van der Waals surface area contributed by atoms with Gasteiger partial charge in [-0.1, -0.05) is 15.9 Å². The predicted octanol–water partition coefficient (Wildman–Crippen LogP) is 4.11. The number of aryl methyl sites for hydroxylation is 2. The molecule has 150 valence electrons. The topological polar surface area (TPSA) is 75.7 Å². The molecule has 1 aliphatic heterocycles. The minimum Gasteiger partial charge on any atom is -0.495 e. The van der Waals surface area contributed by atoms with Gasteiger partial charge in [0.25, 0.3) is 5.91 Å². The summed E-state index contributed by atoms with van der Waals surface area (Å²) in [6, 6.07) is 8.32. The van der Waals surface area contributed by atoms with Gasteiger partial charge >= 0.3 is 0 Å². The van der Waals surface area contributed by atoms with Crippen molar-refractivity contribution in [2.75, 3.05) is 25.5 Å². The van der Waals surface area contributed by atoms with E-state index in [0.29, 0.717) is 18.8 Å². The van der Waals surface area contributed by atoms with Crippen LogP contribution in [0.4, 0.5) is 5.69 Å². The molecule has 1 saturated heterocycles. The zero-order chi connectivity index (χ0) is 20.5. The first kappa shape index (κ1) is 20.8. The van der Waals surface area contributed by atoms with E-state index in [1.807, 2.05) is 26.0 Å². The van der Waals surface area contributed by atoms with E-state index in [9.17, 15) is 13.2 Å². The lowest BCUT2D eigenvalue weighted by atomic mass is 10.1. The molecule has 2 aromatic carbocycles. The first-order valence-corrected chi connectivity index (χ1v) is 11.2. The number of rotatable bonds is 5. The molecule has 1 fully saturated rings. The summed E-state index contributed by atoms with van der Waals surface area (Å²) in [6.07, 6.45) is 1.67. The Morgan fingerprint density at radius 2 is 1.71 bits per heavy atom. The summed E-state index contributed by atoms with van der Waals surface area (Å²) >= 11 is 3.44. The molecule has 1 amide bonds. The molecule has 0 saturated carbocycles. The maximum absolute atomic E-state index is 13.0. The number of nitrogens with one attached hydrogen (secondary N) is 1. The highest BCUT2D eigenvalue weighted by Gasteiger charge is 2.30. The lowest BCUT2D eigenvalue weighted by Crippen LogP contribution is -2.28. The van der Waals surface area contributed by atoms with E-state index in [1.54, 1.807) is 6.07 Å². The normalized spacial score (nSPS) is 14.9. The van der Waals surface area contributed by atoms with Crippen molar-refractivity contribution >= 4 is 37.5 Å². The second kappa shape index (κ2) is 8.23. The lowest BCUT2D eigenvalue weighted by Gasteiger charge is -2.18. The molecule has 0 aromatic heterocycles. The number of carbonyl (C=O) groups is 1. The molecule has 28 heavy (non-hydrogen) atoms. The summed E-state index contributed by atoms with van der Waals surface area (Å²) in [7, 11) is -2.29. The molecule has 0 unspecified atom stereocenters. The molecular weight excluding hydrogens is 444 g/mol. The van der Waals surface area contributed by atoms with Gasteiger partial charge < -0.3 is 10.1 Å². The van der Waals surface area contributed by atoms with Crippen LogP contribution in [-0.4, -0.2) is 38.8 Å². The minimum atomic E-state index is -3.71. The van der Waals surface area contributed by atoms with Crippen LogP contribution < -0.4 is 10.1 Å². The number of nitrogens with zero attached hydrogens (tertiary/aromatic N) is 1. The van der Waals surface area contributed by atoms with Crippen LogP contribution in [0.2, 0.25) is 0 Å². The lowest BCUT2D eigenvalue weighted by molar-refractivity contribution is 0.102. The fourth-order valence-electron chi connectivity index (χ4n) is 3.38. The molecule has 1 aliphatic rings. The molecule has 0 spiro atoms. The average Bonchev–Trinajstić information content (AvgIpc) is 3.19. The standard InChI is InChI=1S/C20H23BrN2O4S/c1-13-10-16(21)11-14(2)19(13)22-20(24)15-6-7-17(27-3)18(12-15)28(25,26)23-8-4-5-9-23/h6-7,10-12H,4-5,8-9H2,1-3H3,(H,22,24). The van der Waals surface area contributed by atoms with Gasteiger partial charge in [0, 0.05) is 28.8 Å². The van der Waals surface area contributed by atoms with Crippen LogP contribution in [0.15, 0.2) is 39.7 Å². The van der Waals surface area contributed by atoms with Crippen molar-refractivity contribution in [2.24, 2.45) is 0 Å². The van der Waals surface area contributed by atoms with E-state index in [-0.39, 0.29) is 22.1 Å². The number of benzene rings is 2. The Balaban J connectivity index is 1.96. The Morgan fingerprint density at radius 3 is 2.29 bits per heavy atom. The van der Waals surface area contributed by atoms with Gasteiger partial charge in [0.15, 0.2) is 0 Å². The van der Waals surface area contributed by atoms with Gasteiger partial charge in [-0.3, -0.25) is 4.79 Å². The molecular formula is C20H23BrN2O4S. The summed E-state index contributed by atoms with van der Waals surface area (Å²) in [5, 5.41) is 2.90. The molecule has 8 heteroatoms. The highest BCUT2D eigenvalue weighted by Crippen LogP contribution is 2.31. The van der Waals surface area contributed by atoms with Gasteiger partial charge in [-0.25, -0.2) is 8.42 Å². The molecule has 1 N–H and O–H groups in total. The summed E-state index contributed by atoms with van der Waals surface area (Å²) < 4.78 is 33.6. The fourth-order valence-corrected chi connectivity index (χ4v) is 5.77. The number of methoxy groups -OCH3 is 1. The first-order chi connectivity index (χ1) is 13.2. The Labute approximate surface area is 174 Å². The Kier molecular flexibility index (Phi) is 6.12. The zero-order valence-electron chi connectivity index (χ0n) is 16.1. The van der Waals surface area contributed by atoms with E-state index in [1.165, 1.54) is 23.5 Å². The van der Waals surface area contributed by atoms with Gasteiger partial charge in [0.05, 0.1) is 7.11 Å². The third-order valence-corrected chi connectivity index (χ3v) is 7.22. The van der Waals surface area contributed by atoms with Crippen LogP contribution in [-0.2, 0) is 10.0 Å². The second-order valence-corrected chi connectivity index (χ2v) is 9.67. The van der Waals surface area contributed by atoms with Crippen molar-refractivity contribution in [1.29, 1.82) is 0 Å². The van der Waals surface area contributed by atoms with Crippen LogP contribution in [0.1, 0.15) is 34.3 Å². The maximum Gasteiger partial charge on any atom is 0.255 e. The summed E-state index contributed by atoms with van der Waals surface area (Å²) in [5.74, 6) is -0.131. The monoisotopic (exact) mass is 466 g/mol. The van der Waals surface area contributed by atoms with Gasteiger partial charge in [0.1, 0.15) is 10.6 Å². The molecule has 0 bridgehead atoms. The van der Waals surface area contributed by atoms with E-state index >= 15 is 0 Å². The van der Waals surface area contributed by atoms with Crippen molar-refractivity contribution in [1.82, 2.24) is 4.31 Å². The molecule has 6 nitrogen and oxygen atoms in total. The van der Waals surface area contributed by atoms with Crippen LogP contribution in [0, 0.1) is 13.8 Å². The predicted molar refractivity (Wildman–Crippen MR) is 113 cm³/mol. The van der Waals surface area contributed by atoms with E-state index in [2.05, 4.69) is 21.2 Å². The highest BCUT2D eigenvalue weighted by atomic mass is 79.9. The summed E-state index contributed by atoms with van der Waals surface area (Å²) in [4.78, 5) is 12.9. The minimum absolute atomic E-state index is 0.0220. The second-order valence-electron chi connectivity index (χ2n) is 6.85. The Hall–Kier alpha value is -1.90. The third kappa shape index (κ3) is 4.09.